The highest BCUT2D eigenvalue weighted by molar-refractivity contribution is 5.71. The fourth-order valence-corrected chi connectivity index (χ4v) is 6.05. The van der Waals surface area contributed by atoms with E-state index in [1.807, 2.05) is 60.8 Å². The Morgan fingerprint density at radius 3 is 1.33 bits per heavy atom. The predicted molar refractivity (Wildman–Crippen MR) is 242 cm³/mol. The fraction of sp³-hybridized carbons (Fsp3) is 0.667. The Morgan fingerprint density at radius 1 is 0.386 bits per heavy atom. The van der Waals surface area contributed by atoms with Crippen LogP contribution in [0.4, 0.5) is 0 Å². The average Bonchev–Trinajstić information content (AvgIpc) is 3.21. The van der Waals surface area contributed by atoms with Gasteiger partial charge < -0.3 is 14.2 Å². The molecule has 0 aliphatic heterocycles. The monoisotopic (exact) mass is 793 g/mol. The highest BCUT2D eigenvalue weighted by Gasteiger charge is 2.19. The molecule has 57 heavy (non-hydrogen) atoms. The van der Waals surface area contributed by atoms with Crippen molar-refractivity contribution in [2.75, 3.05) is 13.2 Å². The second-order valence-corrected chi connectivity index (χ2v) is 15.1. The molecule has 0 saturated heterocycles. The smallest absolute Gasteiger partial charge is 0.306 e. The maximum absolute atomic E-state index is 12.7. The third-order valence-corrected chi connectivity index (χ3v) is 9.53. The summed E-state index contributed by atoms with van der Waals surface area (Å²) in [5.41, 5.74) is 0. The van der Waals surface area contributed by atoms with Gasteiger partial charge in [-0.05, 0) is 51.4 Å². The molecule has 0 spiro atoms. The largest absolute Gasteiger partial charge is 0.462 e. The first-order valence-corrected chi connectivity index (χ1v) is 23.2. The molecule has 1 unspecified atom stereocenters. The van der Waals surface area contributed by atoms with E-state index in [9.17, 15) is 14.4 Å². The number of ether oxygens (including phenoxy) is 3. The minimum Gasteiger partial charge on any atom is -0.462 e. The van der Waals surface area contributed by atoms with Crippen LogP contribution in [0.3, 0.4) is 0 Å². The van der Waals surface area contributed by atoms with Gasteiger partial charge in [0, 0.05) is 19.3 Å². The van der Waals surface area contributed by atoms with Gasteiger partial charge in [-0.15, -0.1) is 0 Å². The third kappa shape index (κ3) is 43.6. The van der Waals surface area contributed by atoms with Crippen molar-refractivity contribution in [3.05, 3.63) is 85.1 Å². The van der Waals surface area contributed by atoms with E-state index in [-0.39, 0.29) is 38.0 Å². The van der Waals surface area contributed by atoms with Crippen molar-refractivity contribution < 1.29 is 28.6 Å². The SMILES string of the molecule is CC\C=C/C=C\C=C/C=C\C=C/CCCC(=O)OCC(COC(=O)CCCCCCCCCCCCCCC)OC(=O)CC/C=C\C/C=C\CCCCCCCC. The number of carbonyl (C=O) groups excluding carboxylic acids is 3. The summed E-state index contributed by atoms with van der Waals surface area (Å²) in [4.78, 5) is 37.7. The molecule has 0 radical (unpaired) electrons. The molecule has 6 heteroatoms. The zero-order valence-electron chi connectivity index (χ0n) is 36.8. The molecule has 0 saturated carbocycles. The van der Waals surface area contributed by atoms with Gasteiger partial charge in [0.1, 0.15) is 13.2 Å². The molecule has 6 nitrogen and oxygen atoms in total. The fourth-order valence-electron chi connectivity index (χ4n) is 6.05. The Hall–Kier alpha value is -3.41. The Labute approximate surface area is 350 Å². The topological polar surface area (TPSA) is 78.9 Å². The van der Waals surface area contributed by atoms with E-state index in [4.69, 9.17) is 14.2 Å². The van der Waals surface area contributed by atoms with Gasteiger partial charge in [-0.3, -0.25) is 14.4 Å². The van der Waals surface area contributed by atoms with Crippen LogP contribution < -0.4 is 0 Å². The van der Waals surface area contributed by atoms with Crippen LogP contribution in [0.25, 0.3) is 0 Å². The minimum absolute atomic E-state index is 0.121. The van der Waals surface area contributed by atoms with Crippen molar-refractivity contribution in [1.29, 1.82) is 0 Å². The molecule has 0 aliphatic carbocycles. The molecular formula is C51H84O6. The molecular weight excluding hydrogens is 709 g/mol. The lowest BCUT2D eigenvalue weighted by Crippen LogP contribution is -2.30. The Morgan fingerprint density at radius 2 is 0.807 bits per heavy atom. The van der Waals surface area contributed by atoms with Crippen LogP contribution in [-0.4, -0.2) is 37.2 Å². The van der Waals surface area contributed by atoms with E-state index in [2.05, 4.69) is 45.1 Å². The van der Waals surface area contributed by atoms with E-state index in [1.165, 1.54) is 103 Å². The summed E-state index contributed by atoms with van der Waals surface area (Å²) in [5, 5.41) is 0. The summed E-state index contributed by atoms with van der Waals surface area (Å²) in [6.07, 6.45) is 57.3. The molecule has 0 aromatic heterocycles. The van der Waals surface area contributed by atoms with Gasteiger partial charge in [-0.2, -0.15) is 0 Å². The highest BCUT2D eigenvalue weighted by atomic mass is 16.6. The lowest BCUT2D eigenvalue weighted by Gasteiger charge is -2.18. The van der Waals surface area contributed by atoms with Gasteiger partial charge in [0.05, 0.1) is 0 Å². The summed E-state index contributed by atoms with van der Waals surface area (Å²) < 4.78 is 16.6. The van der Waals surface area contributed by atoms with Gasteiger partial charge in [0.15, 0.2) is 6.10 Å². The first-order chi connectivity index (χ1) is 28.0. The lowest BCUT2D eigenvalue weighted by molar-refractivity contribution is -0.166. The van der Waals surface area contributed by atoms with E-state index in [1.54, 1.807) is 0 Å². The van der Waals surface area contributed by atoms with Crippen LogP contribution in [0.2, 0.25) is 0 Å². The summed E-state index contributed by atoms with van der Waals surface area (Å²) >= 11 is 0. The van der Waals surface area contributed by atoms with E-state index >= 15 is 0 Å². The van der Waals surface area contributed by atoms with Crippen molar-refractivity contribution in [2.24, 2.45) is 0 Å². The number of carbonyl (C=O) groups is 3. The van der Waals surface area contributed by atoms with Crippen LogP contribution in [0, 0.1) is 0 Å². The number of allylic oxidation sites excluding steroid dienone is 14. The Bertz CT molecular complexity index is 1140. The zero-order chi connectivity index (χ0) is 41.5. The predicted octanol–water partition coefficient (Wildman–Crippen LogP) is 14.9. The number of hydrogen-bond acceptors (Lipinski definition) is 6. The molecule has 0 fully saturated rings. The third-order valence-electron chi connectivity index (χ3n) is 9.53. The van der Waals surface area contributed by atoms with Crippen LogP contribution >= 0.6 is 0 Å². The quantitative estimate of drug-likeness (QED) is 0.0202. The molecule has 0 aromatic rings. The first kappa shape index (κ1) is 53.6. The normalized spacial score (nSPS) is 12.8. The molecule has 0 amide bonds. The van der Waals surface area contributed by atoms with Gasteiger partial charge in [0.25, 0.3) is 0 Å². The second kappa shape index (κ2) is 45.3. The van der Waals surface area contributed by atoms with Crippen molar-refractivity contribution in [1.82, 2.24) is 0 Å². The van der Waals surface area contributed by atoms with E-state index in [0.29, 0.717) is 19.3 Å². The van der Waals surface area contributed by atoms with Crippen LogP contribution in [0.15, 0.2) is 85.1 Å². The average molecular weight is 793 g/mol. The van der Waals surface area contributed by atoms with Crippen LogP contribution in [0.1, 0.15) is 201 Å². The van der Waals surface area contributed by atoms with Crippen LogP contribution in [-0.2, 0) is 28.6 Å². The van der Waals surface area contributed by atoms with Gasteiger partial charge >= 0.3 is 17.9 Å². The molecule has 0 aliphatic rings. The van der Waals surface area contributed by atoms with Gasteiger partial charge in [-0.1, -0.05) is 215 Å². The summed E-state index contributed by atoms with van der Waals surface area (Å²) in [6.45, 7) is 6.35. The van der Waals surface area contributed by atoms with Crippen molar-refractivity contribution in [3.8, 4) is 0 Å². The summed E-state index contributed by atoms with van der Waals surface area (Å²) in [6, 6.07) is 0. The molecule has 0 N–H and O–H groups in total. The highest BCUT2D eigenvalue weighted by Crippen LogP contribution is 2.14. The number of unbranched alkanes of at least 4 members (excludes halogenated alkanes) is 19. The van der Waals surface area contributed by atoms with E-state index < -0.39 is 12.1 Å². The zero-order valence-corrected chi connectivity index (χ0v) is 36.8. The maximum Gasteiger partial charge on any atom is 0.306 e. The lowest BCUT2D eigenvalue weighted by atomic mass is 10.0. The number of esters is 3. The molecule has 0 heterocycles. The second-order valence-electron chi connectivity index (χ2n) is 15.1. The van der Waals surface area contributed by atoms with Crippen molar-refractivity contribution in [3.63, 3.8) is 0 Å². The van der Waals surface area contributed by atoms with Crippen LogP contribution in [0.5, 0.6) is 0 Å². The first-order valence-electron chi connectivity index (χ1n) is 23.2. The minimum atomic E-state index is -0.832. The molecule has 0 aromatic carbocycles. The van der Waals surface area contributed by atoms with E-state index in [0.717, 1.165) is 44.9 Å². The standard InChI is InChI=1S/C51H84O6/c1-4-7-10-13-16-19-22-25-28-31-34-37-40-43-49(52)55-46-48(57-51(54)45-42-39-36-33-30-27-24-21-18-15-12-9-6-3)47-56-50(53)44-41-38-35-32-29-26-23-20-17-14-11-8-5-2/h7,10,13,16,19,22,25,27-28,30-31,34,36,39,48H,4-6,8-9,11-12,14-15,17-18,20-21,23-24,26,29,32-33,35,37-38,40-47H2,1-3H3/b10-7-,16-13-,22-19-,28-25-,30-27-,34-31-,39-36-. The molecule has 324 valence electrons. The summed E-state index contributed by atoms with van der Waals surface area (Å²) in [7, 11) is 0. The van der Waals surface area contributed by atoms with Crippen molar-refractivity contribution >= 4 is 17.9 Å². The molecule has 1 atom stereocenters. The number of rotatable bonds is 40. The molecule has 0 bridgehead atoms. The Balaban J connectivity index is 4.57. The Kier molecular flexibility index (Phi) is 42.6. The van der Waals surface area contributed by atoms with Crippen molar-refractivity contribution in [2.45, 2.75) is 207 Å². The maximum atomic E-state index is 12.7. The summed E-state index contributed by atoms with van der Waals surface area (Å²) in [5.74, 6) is -1.07. The van der Waals surface area contributed by atoms with Gasteiger partial charge in [0.2, 0.25) is 0 Å². The molecule has 0 rings (SSSR count). The van der Waals surface area contributed by atoms with Gasteiger partial charge in [-0.25, -0.2) is 0 Å². The number of hydrogen-bond donors (Lipinski definition) is 0.